The van der Waals surface area contributed by atoms with E-state index in [0.717, 1.165) is 33.3 Å². The van der Waals surface area contributed by atoms with Gasteiger partial charge in [-0.15, -0.1) is 0 Å². The molecule has 1 atom stereocenters. The average Bonchev–Trinajstić information content (AvgIpc) is 3.18. The van der Waals surface area contributed by atoms with Gasteiger partial charge in [0.05, 0.1) is 14.2 Å². The molecule has 0 bridgehead atoms. The molecule has 0 radical (unpaired) electrons. The van der Waals surface area contributed by atoms with Crippen molar-refractivity contribution in [3.05, 3.63) is 89.6 Å². The number of methoxy groups -OCH3 is 2. The molecule has 1 heterocycles. The third-order valence-corrected chi connectivity index (χ3v) is 5.54. The normalized spacial score (nSPS) is 13.2. The maximum Gasteiger partial charge on any atom is 0.123 e. The van der Waals surface area contributed by atoms with E-state index in [9.17, 15) is 5.11 Å². The molecule has 4 heteroatoms. The van der Waals surface area contributed by atoms with Crippen molar-refractivity contribution in [1.82, 2.24) is 4.98 Å². The first kappa shape index (κ1) is 18.0. The molecule has 4 rings (SSSR count). The molecule has 142 valence electrons. The first-order valence-electron chi connectivity index (χ1n) is 9.16. The first-order valence-corrected chi connectivity index (χ1v) is 9.16. The fourth-order valence-corrected chi connectivity index (χ4v) is 3.93. The molecule has 0 fully saturated rings. The van der Waals surface area contributed by atoms with E-state index in [1.807, 2.05) is 54.7 Å². The molecule has 1 aromatic heterocycles. The molecule has 0 spiro atoms. The predicted octanol–water partition coefficient (Wildman–Crippen LogP) is 5.25. The Labute approximate surface area is 164 Å². The van der Waals surface area contributed by atoms with Crippen LogP contribution in [0.4, 0.5) is 0 Å². The second-order valence-corrected chi connectivity index (χ2v) is 6.98. The number of ether oxygens (including phenoxy) is 2. The Morgan fingerprint density at radius 3 is 2.18 bits per heavy atom. The third-order valence-electron chi connectivity index (χ3n) is 5.54. The Balaban J connectivity index is 2.00. The lowest BCUT2D eigenvalue weighted by Gasteiger charge is -2.32. The quantitative estimate of drug-likeness (QED) is 0.503. The number of hydrogen-bond donors (Lipinski definition) is 2. The molecule has 0 saturated carbocycles. The molecule has 0 amide bonds. The minimum Gasteiger partial charge on any atom is -0.507 e. The van der Waals surface area contributed by atoms with E-state index >= 15 is 0 Å². The van der Waals surface area contributed by atoms with Crippen LogP contribution in [0.15, 0.2) is 72.9 Å². The van der Waals surface area contributed by atoms with Crippen LogP contribution in [-0.2, 0) is 5.41 Å². The number of H-pyrrole nitrogens is 1. The number of phenols is 1. The van der Waals surface area contributed by atoms with Crippen LogP contribution in [0.3, 0.4) is 0 Å². The fourth-order valence-electron chi connectivity index (χ4n) is 3.93. The van der Waals surface area contributed by atoms with Gasteiger partial charge in [-0.05, 0) is 42.3 Å². The van der Waals surface area contributed by atoms with E-state index in [1.165, 1.54) is 0 Å². The zero-order chi connectivity index (χ0) is 19.7. The van der Waals surface area contributed by atoms with Crippen molar-refractivity contribution in [3.8, 4) is 17.2 Å². The Bertz CT molecular complexity index is 1110. The summed E-state index contributed by atoms with van der Waals surface area (Å²) in [7, 11) is 3.25. The fraction of sp³-hybridized carbons (Fsp3) is 0.167. The van der Waals surface area contributed by atoms with Gasteiger partial charge >= 0.3 is 0 Å². The second kappa shape index (κ2) is 6.97. The minimum atomic E-state index is -0.581. The maximum atomic E-state index is 10.9. The van der Waals surface area contributed by atoms with Crippen LogP contribution in [0, 0.1) is 0 Å². The summed E-state index contributed by atoms with van der Waals surface area (Å²) < 4.78 is 10.6. The number of phenolic OH excluding ortho intramolecular Hbond substituents is 1. The predicted molar refractivity (Wildman–Crippen MR) is 112 cm³/mol. The zero-order valence-electron chi connectivity index (χ0n) is 16.2. The highest BCUT2D eigenvalue weighted by Gasteiger charge is 2.35. The molecule has 28 heavy (non-hydrogen) atoms. The summed E-state index contributed by atoms with van der Waals surface area (Å²) in [5.74, 6) is 1.61. The highest BCUT2D eigenvalue weighted by Crippen LogP contribution is 2.46. The van der Waals surface area contributed by atoms with Crippen molar-refractivity contribution < 1.29 is 14.6 Å². The van der Waals surface area contributed by atoms with E-state index in [0.29, 0.717) is 5.75 Å². The maximum absolute atomic E-state index is 10.9. The van der Waals surface area contributed by atoms with Gasteiger partial charge in [0.15, 0.2) is 0 Å². The number of para-hydroxylation sites is 1. The smallest absolute Gasteiger partial charge is 0.123 e. The summed E-state index contributed by atoms with van der Waals surface area (Å²) in [5, 5.41) is 12.0. The summed E-state index contributed by atoms with van der Waals surface area (Å²) >= 11 is 0. The summed E-state index contributed by atoms with van der Waals surface area (Å²) in [6.07, 6.45) is 2.03. The van der Waals surface area contributed by atoms with Crippen molar-refractivity contribution in [2.24, 2.45) is 0 Å². The molecule has 3 aromatic carbocycles. The molecule has 0 aliphatic heterocycles. The van der Waals surface area contributed by atoms with Crippen LogP contribution in [0.2, 0.25) is 0 Å². The molecule has 0 aliphatic carbocycles. The lowest BCUT2D eigenvalue weighted by Crippen LogP contribution is -2.25. The first-order chi connectivity index (χ1) is 13.6. The summed E-state index contributed by atoms with van der Waals surface area (Å²) in [4.78, 5) is 3.37. The van der Waals surface area contributed by atoms with Crippen LogP contribution in [-0.4, -0.2) is 24.3 Å². The SMILES string of the molecule is COc1ccc([C@@](C)(c2ccc(OC)cc2O)c2c[nH]c3ccccc23)cc1. The minimum absolute atomic E-state index is 0.197. The third kappa shape index (κ3) is 2.78. The summed E-state index contributed by atoms with van der Waals surface area (Å²) in [6, 6.07) is 21.7. The topological polar surface area (TPSA) is 54.5 Å². The van der Waals surface area contributed by atoms with Crippen molar-refractivity contribution in [2.75, 3.05) is 14.2 Å². The summed E-state index contributed by atoms with van der Waals surface area (Å²) in [5.41, 5.74) is 3.43. The molecule has 2 N–H and O–H groups in total. The van der Waals surface area contributed by atoms with Crippen LogP contribution in [0.1, 0.15) is 23.6 Å². The van der Waals surface area contributed by atoms with Crippen LogP contribution in [0.5, 0.6) is 17.2 Å². The van der Waals surface area contributed by atoms with Gasteiger partial charge < -0.3 is 19.6 Å². The number of fused-ring (bicyclic) bond motifs is 1. The standard InChI is InChI=1S/C24H23NO3/c1-24(16-8-10-17(27-2)11-9-16,20-13-12-18(28-3)14-23(20)26)21-15-25-22-7-5-4-6-19(21)22/h4-15,25-26H,1-3H3/t24-/m0/s1. The number of benzene rings is 3. The molecular weight excluding hydrogens is 350 g/mol. The zero-order valence-corrected chi connectivity index (χ0v) is 16.2. The number of rotatable bonds is 5. The van der Waals surface area contributed by atoms with E-state index in [1.54, 1.807) is 20.3 Å². The van der Waals surface area contributed by atoms with Crippen molar-refractivity contribution >= 4 is 10.9 Å². The largest absolute Gasteiger partial charge is 0.507 e. The molecule has 4 nitrogen and oxygen atoms in total. The van der Waals surface area contributed by atoms with E-state index < -0.39 is 5.41 Å². The van der Waals surface area contributed by atoms with Crippen LogP contribution in [0.25, 0.3) is 10.9 Å². The number of aromatic nitrogens is 1. The van der Waals surface area contributed by atoms with Gasteiger partial charge in [-0.3, -0.25) is 0 Å². The lowest BCUT2D eigenvalue weighted by molar-refractivity contribution is 0.404. The van der Waals surface area contributed by atoms with Gasteiger partial charge in [-0.2, -0.15) is 0 Å². The van der Waals surface area contributed by atoms with Gasteiger partial charge in [0.2, 0.25) is 0 Å². The van der Waals surface area contributed by atoms with Crippen molar-refractivity contribution in [2.45, 2.75) is 12.3 Å². The molecule has 0 unspecified atom stereocenters. The highest BCUT2D eigenvalue weighted by molar-refractivity contribution is 5.86. The number of aromatic amines is 1. The van der Waals surface area contributed by atoms with E-state index in [4.69, 9.17) is 9.47 Å². The molecule has 0 saturated heterocycles. The molecule has 0 aliphatic rings. The Hall–Kier alpha value is -3.40. The Kier molecular flexibility index (Phi) is 4.47. The average molecular weight is 373 g/mol. The van der Waals surface area contributed by atoms with Crippen molar-refractivity contribution in [1.29, 1.82) is 0 Å². The van der Waals surface area contributed by atoms with Gasteiger partial charge in [0.25, 0.3) is 0 Å². The second-order valence-electron chi connectivity index (χ2n) is 6.98. The molecular formula is C24H23NO3. The van der Waals surface area contributed by atoms with Gasteiger partial charge in [-0.1, -0.05) is 36.4 Å². The number of hydrogen-bond acceptors (Lipinski definition) is 3. The van der Waals surface area contributed by atoms with Gasteiger partial charge in [-0.25, -0.2) is 0 Å². The van der Waals surface area contributed by atoms with Crippen LogP contribution >= 0.6 is 0 Å². The molecule has 4 aromatic rings. The van der Waals surface area contributed by atoms with Crippen LogP contribution < -0.4 is 9.47 Å². The van der Waals surface area contributed by atoms with Gasteiger partial charge in [0, 0.05) is 34.1 Å². The lowest BCUT2D eigenvalue weighted by atomic mass is 9.70. The summed E-state index contributed by atoms with van der Waals surface area (Å²) in [6.45, 7) is 2.13. The number of nitrogens with one attached hydrogen (secondary N) is 1. The van der Waals surface area contributed by atoms with Gasteiger partial charge in [0.1, 0.15) is 17.2 Å². The Morgan fingerprint density at radius 1 is 0.821 bits per heavy atom. The monoisotopic (exact) mass is 373 g/mol. The van der Waals surface area contributed by atoms with Crippen molar-refractivity contribution in [3.63, 3.8) is 0 Å². The van der Waals surface area contributed by atoms with E-state index in [2.05, 4.69) is 24.0 Å². The highest BCUT2D eigenvalue weighted by atomic mass is 16.5. The Morgan fingerprint density at radius 2 is 1.50 bits per heavy atom. The number of aromatic hydroxyl groups is 1. The van der Waals surface area contributed by atoms with E-state index in [-0.39, 0.29) is 5.75 Å².